The van der Waals surface area contributed by atoms with Gasteiger partial charge in [0.1, 0.15) is 11.4 Å². The third-order valence-corrected chi connectivity index (χ3v) is 2.95. The second-order valence-corrected chi connectivity index (χ2v) is 4.58. The van der Waals surface area contributed by atoms with Crippen molar-refractivity contribution in [2.24, 2.45) is 0 Å². The van der Waals surface area contributed by atoms with Gasteiger partial charge in [0.05, 0.1) is 0 Å². The van der Waals surface area contributed by atoms with Gasteiger partial charge in [-0.3, -0.25) is 4.79 Å². The molecular weight excluding hydrogens is 285 g/mol. The molecule has 2 aromatic rings. The van der Waals surface area contributed by atoms with Crippen LogP contribution in [0.4, 0.5) is 4.39 Å². The van der Waals surface area contributed by atoms with Gasteiger partial charge in [-0.05, 0) is 29.3 Å². The van der Waals surface area contributed by atoms with Gasteiger partial charge in [0.15, 0.2) is 0 Å². The highest BCUT2D eigenvalue weighted by atomic mass is 19.1. The van der Waals surface area contributed by atoms with Crippen LogP contribution in [0.2, 0.25) is 0 Å². The Hall–Kier alpha value is -2.95. The van der Waals surface area contributed by atoms with Gasteiger partial charge in [0.25, 0.3) is 5.91 Å². The first kappa shape index (κ1) is 15.4. The van der Waals surface area contributed by atoms with E-state index < -0.39 is 23.3 Å². The topological polar surface area (TPSA) is 66.4 Å². The highest BCUT2D eigenvalue weighted by Crippen LogP contribution is 2.09. The minimum Gasteiger partial charge on any atom is -0.477 e. The molecule has 2 N–H and O–H groups in total. The van der Waals surface area contributed by atoms with Gasteiger partial charge in [-0.1, -0.05) is 42.5 Å². The number of halogens is 1. The summed E-state index contributed by atoms with van der Waals surface area (Å²) < 4.78 is 12.8. The molecule has 0 unspecified atom stereocenters. The number of aliphatic carboxylic acids is 1. The van der Waals surface area contributed by atoms with Crippen LogP contribution in [-0.4, -0.2) is 17.0 Å². The monoisotopic (exact) mass is 299 g/mol. The fraction of sp³-hybridized carbons (Fsp3) is 0.0588. The van der Waals surface area contributed by atoms with Crippen LogP contribution in [0.3, 0.4) is 0 Å². The fourth-order valence-corrected chi connectivity index (χ4v) is 1.82. The van der Waals surface area contributed by atoms with Gasteiger partial charge >= 0.3 is 5.97 Å². The second-order valence-electron chi connectivity index (χ2n) is 4.58. The van der Waals surface area contributed by atoms with Crippen molar-refractivity contribution < 1.29 is 19.1 Å². The molecule has 0 fully saturated rings. The number of benzene rings is 2. The fourth-order valence-electron chi connectivity index (χ4n) is 1.82. The van der Waals surface area contributed by atoms with E-state index in [9.17, 15) is 14.0 Å². The molecule has 4 nitrogen and oxygen atoms in total. The summed E-state index contributed by atoms with van der Waals surface area (Å²) in [5.41, 5.74) is 0.901. The van der Waals surface area contributed by atoms with E-state index in [-0.39, 0.29) is 6.54 Å². The number of amides is 1. The zero-order valence-corrected chi connectivity index (χ0v) is 11.6. The number of hydrogen-bond acceptors (Lipinski definition) is 2. The Morgan fingerprint density at radius 3 is 2.27 bits per heavy atom. The smallest absolute Gasteiger partial charge is 0.341 e. The summed E-state index contributed by atoms with van der Waals surface area (Å²) in [6.07, 6.45) is 1.21. The van der Waals surface area contributed by atoms with E-state index in [0.29, 0.717) is 5.56 Å². The van der Waals surface area contributed by atoms with E-state index in [1.807, 2.05) is 30.3 Å². The lowest BCUT2D eigenvalue weighted by Crippen LogP contribution is -2.27. The Kier molecular flexibility index (Phi) is 5.03. The first-order chi connectivity index (χ1) is 10.6. The summed E-state index contributed by atoms with van der Waals surface area (Å²) in [7, 11) is 0. The Morgan fingerprint density at radius 2 is 1.68 bits per heavy atom. The lowest BCUT2D eigenvalue weighted by atomic mass is 10.1. The first-order valence-corrected chi connectivity index (χ1v) is 6.59. The quantitative estimate of drug-likeness (QED) is 0.506. The molecule has 2 aromatic carbocycles. The van der Waals surface area contributed by atoms with Crippen LogP contribution in [0, 0.1) is 5.82 Å². The van der Waals surface area contributed by atoms with Crippen LogP contribution in [0.25, 0.3) is 6.08 Å². The van der Waals surface area contributed by atoms with Gasteiger partial charge in [-0.2, -0.15) is 0 Å². The zero-order chi connectivity index (χ0) is 15.9. The average Bonchev–Trinajstić information content (AvgIpc) is 2.52. The second kappa shape index (κ2) is 7.17. The molecule has 0 heterocycles. The van der Waals surface area contributed by atoms with Crippen LogP contribution in [-0.2, 0) is 16.1 Å². The molecular formula is C17H14FNO3. The van der Waals surface area contributed by atoms with Crippen LogP contribution >= 0.6 is 0 Å². The summed E-state index contributed by atoms with van der Waals surface area (Å²) in [5.74, 6) is -2.46. The van der Waals surface area contributed by atoms with Gasteiger partial charge in [-0.15, -0.1) is 0 Å². The summed E-state index contributed by atoms with van der Waals surface area (Å²) in [5, 5.41) is 11.7. The van der Waals surface area contributed by atoms with E-state index in [4.69, 9.17) is 5.11 Å². The van der Waals surface area contributed by atoms with Crippen molar-refractivity contribution in [3.63, 3.8) is 0 Å². The summed E-state index contributed by atoms with van der Waals surface area (Å²) >= 11 is 0. The van der Waals surface area contributed by atoms with Crippen molar-refractivity contribution in [1.29, 1.82) is 0 Å². The van der Waals surface area contributed by atoms with Crippen molar-refractivity contribution in [2.45, 2.75) is 6.54 Å². The third-order valence-electron chi connectivity index (χ3n) is 2.95. The molecule has 5 heteroatoms. The lowest BCUT2D eigenvalue weighted by molar-refractivity contribution is -0.134. The molecule has 0 aromatic heterocycles. The molecule has 0 aliphatic rings. The Morgan fingerprint density at radius 1 is 1.05 bits per heavy atom. The predicted octanol–water partition coefficient (Wildman–Crippen LogP) is 2.61. The molecule has 112 valence electrons. The predicted molar refractivity (Wildman–Crippen MR) is 80.3 cm³/mol. The normalized spacial score (nSPS) is 11.0. The van der Waals surface area contributed by atoms with Gasteiger partial charge in [0, 0.05) is 6.54 Å². The van der Waals surface area contributed by atoms with E-state index in [1.54, 1.807) is 0 Å². The Labute approximate surface area is 126 Å². The van der Waals surface area contributed by atoms with E-state index in [0.717, 1.165) is 5.56 Å². The number of nitrogens with one attached hydrogen (secondary N) is 1. The molecule has 2 rings (SSSR count). The van der Waals surface area contributed by atoms with Crippen molar-refractivity contribution >= 4 is 18.0 Å². The molecule has 0 atom stereocenters. The van der Waals surface area contributed by atoms with Crippen molar-refractivity contribution in [2.75, 3.05) is 0 Å². The van der Waals surface area contributed by atoms with Crippen LogP contribution in [0.5, 0.6) is 0 Å². The summed E-state index contributed by atoms with van der Waals surface area (Å²) in [4.78, 5) is 23.2. The number of carbonyl (C=O) groups excluding carboxylic acids is 1. The van der Waals surface area contributed by atoms with Gasteiger partial charge < -0.3 is 10.4 Å². The van der Waals surface area contributed by atoms with Crippen molar-refractivity contribution in [3.8, 4) is 0 Å². The molecule has 0 aliphatic heterocycles. The largest absolute Gasteiger partial charge is 0.477 e. The average molecular weight is 299 g/mol. The number of rotatable bonds is 5. The SMILES string of the molecule is O=C(O)/C(=C/c1ccc(F)cc1)C(=O)NCc1ccccc1. The molecule has 0 saturated carbocycles. The molecule has 0 bridgehead atoms. The molecule has 0 saturated heterocycles. The summed E-state index contributed by atoms with van der Waals surface area (Å²) in [6, 6.07) is 14.4. The minimum absolute atomic E-state index is 0.230. The maximum absolute atomic E-state index is 12.8. The Bertz CT molecular complexity index is 694. The standard InChI is InChI=1S/C17H14FNO3/c18-14-8-6-12(7-9-14)10-15(17(21)22)16(20)19-11-13-4-2-1-3-5-13/h1-10H,11H2,(H,19,20)(H,21,22)/b15-10+. The van der Waals surface area contributed by atoms with Crippen LogP contribution in [0.1, 0.15) is 11.1 Å². The summed E-state index contributed by atoms with van der Waals surface area (Å²) in [6.45, 7) is 0.230. The minimum atomic E-state index is -1.34. The maximum atomic E-state index is 12.8. The van der Waals surface area contributed by atoms with Gasteiger partial charge in [-0.25, -0.2) is 9.18 Å². The Balaban J connectivity index is 2.12. The van der Waals surface area contributed by atoms with Gasteiger partial charge in [0.2, 0.25) is 0 Å². The number of hydrogen-bond donors (Lipinski definition) is 2. The molecule has 0 radical (unpaired) electrons. The van der Waals surface area contributed by atoms with Crippen molar-refractivity contribution in [3.05, 3.63) is 77.1 Å². The molecule has 22 heavy (non-hydrogen) atoms. The molecule has 1 amide bonds. The highest BCUT2D eigenvalue weighted by Gasteiger charge is 2.17. The molecule has 0 spiro atoms. The number of carboxylic acids is 1. The third kappa shape index (κ3) is 4.28. The van der Waals surface area contributed by atoms with Crippen LogP contribution in [0.15, 0.2) is 60.2 Å². The zero-order valence-electron chi connectivity index (χ0n) is 11.6. The molecule has 0 aliphatic carbocycles. The first-order valence-electron chi connectivity index (χ1n) is 6.59. The lowest BCUT2D eigenvalue weighted by Gasteiger charge is -2.06. The maximum Gasteiger partial charge on any atom is 0.341 e. The number of carbonyl (C=O) groups is 2. The van der Waals surface area contributed by atoms with Crippen LogP contribution < -0.4 is 5.32 Å². The van der Waals surface area contributed by atoms with E-state index >= 15 is 0 Å². The van der Waals surface area contributed by atoms with Crippen molar-refractivity contribution in [1.82, 2.24) is 5.32 Å². The highest BCUT2D eigenvalue weighted by molar-refractivity contribution is 6.19. The van der Waals surface area contributed by atoms with E-state index in [1.165, 1.54) is 30.3 Å². The van der Waals surface area contributed by atoms with E-state index in [2.05, 4.69) is 5.32 Å². The number of carboxylic acid groups (broad SMARTS) is 1.